The maximum absolute atomic E-state index is 13.4. The first-order chi connectivity index (χ1) is 14.9. The minimum Gasteiger partial charge on any atom is -0.760 e. The molecule has 2 heterocycles. The lowest BCUT2D eigenvalue weighted by Crippen LogP contribution is -2.32. The lowest BCUT2D eigenvalue weighted by Gasteiger charge is -2.31. The van der Waals surface area contributed by atoms with Crippen molar-refractivity contribution in [3.05, 3.63) is 47.3 Å². The van der Waals surface area contributed by atoms with Crippen LogP contribution in [-0.4, -0.2) is 47.7 Å². The summed E-state index contributed by atoms with van der Waals surface area (Å²) >= 11 is -2.26. The average Bonchev–Trinajstić information content (AvgIpc) is 3.21. The number of nitrogens with one attached hydrogen (secondary N) is 1. The van der Waals surface area contributed by atoms with Crippen molar-refractivity contribution in [1.82, 2.24) is 24.6 Å². The molecule has 2 aliphatic rings. The van der Waals surface area contributed by atoms with E-state index in [9.17, 15) is 17.5 Å². The number of hydrogen-bond donors (Lipinski definition) is 1. The molecule has 0 bridgehead atoms. The summed E-state index contributed by atoms with van der Waals surface area (Å²) < 4.78 is 52.3. The largest absolute Gasteiger partial charge is 0.760 e. The summed E-state index contributed by atoms with van der Waals surface area (Å²) in [5.41, 5.74) is 3.09. The molecular weight excluding hydrogens is 424 g/mol. The number of alkyl halides is 2. The van der Waals surface area contributed by atoms with Crippen molar-refractivity contribution in [2.45, 2.75) is 69.5 Å². The number of rotatable bonds is 7. The van der Waals surface area contributed by atoms with Crippen molar-refractivity contribution in [1.29, 1.82) is 0 Å². The molecule has 1 N–H and O–H groups in total. The van der Waals surface area contributed by atoms with Crippen LogP contribution >= 0.6 is 0 Å². The molecule has 1 aromatic carbocycles. The van der Waals surface area contributed by atoms with E-state index in [0.717, 1.165) is 43.7 Å². The summed E-state index contributed by atoms with van der Waals surface area (Å²) in [6.45, 7) is 2.91. The van der Waals surface area contributed by atoms with Gasteiger partial charge in [0.05, 0.1) is 17.9 Å². The second-order valence-corrected chi connectivity index (χ2v) is 9.39. The maximum Gasteiger partial charge on any atom is 0.248 e. The zero-order chi connectivity index (χ0) is 21.8. The maximum atomic E-state index is 13.4. The Morgan fingerprint density at radius 2 is 1.94 bits per heavy atom. The van der Waals surface area contributed by atoms with Gasteiger partial charge < -0.3 is 4.55 Å². The van der Waals surface area contributed by atoms with Gasteiger partial charge in [0.1, 0.15) is 0 Å². The molecule has 1 aromatic heterocycles. The summed E-state index contributed by atoms with van der Waals surface area (Å²) in [5.74, 6) is -2.08. The smallest absolute Gasteiger partial charge is 0.248 e. The molecule has 170 valence electrons. The van der Waals surface area contributed by atoms with Crippen LogP contribution in [0.5, 0.6) is 0 Å². The van der Waals surface area contributed by atoms with Crippen LogP contribution in [0.15, 0.2) is 30.5 Å². The molecule has 1 aliphatic heterocycles. The third kappa shape index (κ3) is 6.15. The monoisotopic (exact) mass is 452 g/mol. The zero-order valence-corrected chi connectivity index (χ0v) is 18.2. The molecular formula is C21H28F2N5O2S-. The molecule has 0 amide bonds. The van der Waals surface area contributed by atoms with Crippen LogP contribution in [0.2, 0.25) is 0 Å². The Hall–Kier alpha value is -1.75. The van der Waals surface area contributed by atoms with Crippen molar-refractivity contribution in [3.63, 3.8) is 0 Å². The summed E-state index contributed by atoms with van der Waals surface area (Å²) in [6, 6.07) is 8.12. The highest BCUT2D eigenvalue weighted by molar-refractivity contribution is 7.77. The van der Waals surface area contributed by atoms with E-state index in [1.165, 1.54) is 5.56 Å². The van der Waals surface area contributed by atoms with Gasteiger partial charge in [0.15, 0.2) is 0 Å². The Labute approximate surface area is 183 Å². The number of nitrogens with zero attached hydrogens (tertiary/aromatic N) is 4. The third-order valence-electron chi connectivity index (χ3n) is 6.41. The molecule has 2 aromatic rings. The highest BCUT2D eigenvalue weighted by atomic mass is 32.2. The molecule has 1 saturated carbocycles. The van der Waals surface area contributed by atoms with Crippen LogP contribution in [0.4, 0.5) is 8.78 Å². The van der Waals surface area contributed by atoms with Crippen LogP contribution in [0, 0.1) is 0 Å². The van der Waals surface area contributed by atoms with Crippen molar-refractivity contribution in [3.8, 4) is 0 Å². The first kappa shape index (κ1) is 22.4. The van der Waals surface area contributed by atoms with E-state index in [4.69, 9.17) is 0 Å². The van der Waals surface area contributed by atoms with Gasteiger partial charge in [-0.05, 0) is 55.8 Å². The molecule has 0 radical (unpaired) electrons. The predicted molar refractivity (Wildman–Crippen MR) is 112 cm³/mol. The molecule has 2 fully saturated rings. The van der Waals surface area contributed by atoms with Gasteiger partial charge in [-0.2, -0.15) is 0 Å². The third-order valence-corrected chi connectivity index (χ3v) is 6.79. The number of aromatic nitrogens is 3. The number of benzene rings is 1. The Morgan fingerprint density at radius 3 is 2.65 bits per heavy atom. The highest BCUT2D eigenvalue weighted by Gasteiger charge is 2.36. The first-order valence-corrected chi connectivity index (χ1v) is 11.9. The molecule has 1 atom stereocenters. The first-order valence-electron chi connectivity index (χ1n) is 10.8. The highest BCUT2D eigenvalue weighted by Crippen LogP contribution is 2.38. The predicted octanol–water partition coefficient (Wildman–Crippen LogP) is 3.29. The minimum atomic E-state index is -2.53. The molecule has 1 saturated heterocycles. The fourth-order valence-corrected chi connectivity index (χ4v) is 4.89. The summed E-state index contributed by atoms with van der Waals surface area (Å²) in [5, 5.41) is 8.47. The zero-order valence-electron chi connectivity index (χ0n) is 17.4. The van der Waals surface area contributed by atoms with E-state index in [2.05, 4.69) is 32.1 Å². The Balaban J connectivity index is 1.27. The number of halogens is 2. The molecule has 1 aliphatic carbocycles. The fraction of sp³-hybridized carbons (Fsp3) is 0.619. The van der Waals surface area contributed by atoms with Gasteiger partial charge in [0.25, 0.3) is 0 Å². The van der Waals surface area contributed by atoms with E-state index in [0.29, 0.717) is 25.3 Å². The van der Waals surface area contributed by atoms with E-state index < -0.39 is 17.2 Å². The normalized spacial score (nSPS) is 21.9. The fourth-order valence-electron chi connectivity index (χ4n) is 4.61. The van der Waals surface area contributed by atoms with E-state index in [1.54, 1.807) is 4.68 Å². The molecule has 10 heteroatoms. The van der Waals surface area contributed by atoms with Gasteiger partial charge >= 0.3 is 0 Å². The van der Waals surface area contributed by atoms with E-state index in [1.807, 2.05) is 18.3 Å². The Kier molecular flexibility index (Phi) is 7.10. The van der Waals surface area contributed by atoms with Crippen LogP contribution in [-0.2, 0) is 24.4 Å². The Bertz CT molecular complexity index is 891. The number of piperidine rings is 1. The topological polar surface area (TPSA) is 86.1 Å². The standard InChI is InChI=1S/C21H29F2N5O2S/c22-21(23)8-4-20(5-9-21)28-15-19(25-26-28)14-27-10-6-17(7-11-27)18-3-1-2-16(12-18)13-24-31(29)30/h1-3,12,15,17,20,24H,4-11,13-14H2,(H,29,30)/p-1. The van der Waals surface area contributed by atoms with Crippen molar-refractivity contribution in [2.24, 2.45) is 0 Å². The van der Waals surface area contributed by atoms with Crippen molar-refractivity contribution >= 4 is 11.3 Å². The summed E-state index contributed by atoms with van der Waals surface area (Å²) in [6.07, 6.45) is 4.70. The van der Waals surface area contributed by atoms with Crippen LogP contribution in [0.3, 0.4) is 0 Å². The minimum absolute atomic E-state index is 0.0208. The molecule has 7 nitrogen and oxygen atoms in total. The molecule has 0 spiro atoms. The Morgan fingerprint density at radius 1 is 1.19 bits per heavy atom. The second-order valence-electron chi connectivity index (χ2n) is 8.63. The van der Waals surface area contributed by atoms with E-state index >= 15 is 0 Å². The van der Waals surface area contributed by atoms with Gasteiger partial charge in [0, 0.05) is 37.2 Å². The van der Waals surface area contributed by atoms with Gasteiger partial charge in [-0.3, -0.25) is 9.11 Å². The second kappa shape index (κ2) is 9.81. The molecule has 31 heavy (non-hydrogen) atoms. The number of likely N-dealkylation sites (tertiary alicyclic amines) is 1. The van der Waals surface area contributed by atoms with Crippen LogP contribution in [0.25, 0.3) is 0 Å². The van der Waals surface area contributed by atoms with Crippen LogP contribution in [0.1, 0.15) is 67.3 Å². The van der Waals surface area contributed by atoms with Crippen LogP contribution < -0.4 is 4.72 Å². The summed E-state index contributed by atoms with van der Waals surface area (Å²) in [4.78, 5) is 2.35. The SMILES string of the molecule is O=S([O-])NCc1cccc(C2CCN(Cc3cn(C4CCC(F)(F)CC4)nn3)CC2)c1. The lowest BCUT2D eigenvalue weighted by atomic mass is 9.88. The molecule has 4 rings (SSSR count). The van der Waals surface area contributed by atoms with Gasteiger partial charge in [-0.1, -0.05) is 29.5 Å². The van der Waals surface area contributed by atoms with Crippen molar-refractivity contribution in [2.75, 3.05) is 13.1 Å². The van der Waals surface area contributed by atoms with Gasteiger partial charge in [-0.25, -0.2) is 18.2 Å². The summed E-state index contributed by atoms with van der Waals surface area (Å²) in [7, 11) is 0. The quantitative estimate of drug-likeness (QED) is 0.652. The lowest BCUT2D eigenvalue weighted by molar-refractivity contribution is -0.0451. The van der Waals surface area contributed by atoms with Crippen molar-refractivity contribution < 1.29 is 17.5 Å². The van der Waals surface area contributed by atoms with Gasteiger partial charge in [-0.15, -0.1) is 5.10 Å². The molecule has 1 unspecified atom stereocenters. The van der Waals surface area contributed by atoms with Gasteiger partial charge in [0.2, 0.25) is 5.92 Å². The number of hydrogen-bond acceptors (Lipinski definition) is 5. The van der Waals surface area contributed by atoms with E-state index in [-0.39, 0.29) is 18.9 Å². The average molecular weight is 453 g/mol.